The molecule has 1 N–H and O–H groups in total. The molecule has 0 bridgehead atoms. The first-order chi connectivity index (χ1) is 11.5. The SMILES string of the molecule is CCCCCc1ccc2ccc(S(=O)(=O)O)cc2c1CCCCC. The van der Waals surface area contributed by atoms with Crippen LogP contribution in [-0.2, 0) is 23.0 Å². The molecule has 132 valence electrons. The molecule has 0 amide bonds. The van der Waals surface area contributed by atoms with Crippen molar-refractivity contribution in [3.05, 3.63) is 41.5 Å². The minimum absolute atomic E-state index is 0.0163. The molecule has 0 heterocycles. The van der Waals surface area contributed by atoms with Gasteiger partial charge in [0.15, 0.2) is 0 Å². The Labute approximate surface area is 145 Å². The zero-order valence-corrected chi connectivity index (χ0v) is 15.5. The lowest BCUT2D eigenvalue weighted by atomic mass is 9.92. The Hall–Kier alpha value is -1.39. The first-order valence-electron chi connectivity index (χ1n) is 8.99. The van der Waals surface area contributed by atoms with Crippen LogP contribution in [-0.4, -0.2) is 13.0 Å². The van der Waals surface area contributed by atoms with Crippen LogP contribution in [0.5, 0.6) is 0 Å². The molecular weight excluding hydrogens is 320 g/mol. The lowest BCUT2D eigenvalue weighted by Gasteiger charge is -2.14. The van der Waals surface area contributed by atoms with E-state index < -0.39 is 10.1 Å². The van der Waals surface area contributed by atoms with E-state index in [9.17, 15) is 13.0 Å². The third-order valence-corrected chi connectivity index (χ3v) is 5.43. The van der Waals surface area contributed by atoms with Crippen molar-refractivity contribution in [3.63, 3.8) is 0 Å². The second-order valence-electron chi connectivity index (χ2n) is 6.48. The molecule has 0 radical (unpaired) electrons. The Bertz CT molecular complexity index is 779. The van der Waals surface area contributed by atoms with E-state index in [1.165, 1.54) is 36.5 Å². The average molecular weight is 349 g/mol. The fourth-order valence-corrected chi connectivity index (χ4v) is 3.72. The molecule has 0 spiro atoms. The van der Waals surface area contributed by atoms with Crippen LogP contribution in [0, 0.1) is 0 Å². The third kappa shape index (κ3) is 4.81. The van der Waals surface area contributed by atoms with Crippen molar-refractivity contribution in [2.75, 3.05) is 0 Å². The van der Waals surface area contributed by atoms with Crippen LogP contribution >= 0.6 is 0 Å². The Morgan fingerprint density at radius 1 is 0.875 bits per heavy atom. The largest absolute Gasteiger partial charge is 0.294 e. The Kier molecular flexibility index (Phi) is 6.81. The average Bonchev–Trinajstić information content (AvgIpc) is 2.55. The topological polar surface area (TPSA) is 54.4 Å². The summed E-state index contributed by atoms with van der Waals surface area (Å²) in [6, 6.07) is 9.15. The fourth-order valence-electron chi connectivity index (χ4n) is 3.21. The van der Waals surface area contributed by atoms with Gasteiger partial charge < -0.3 is 0 Å². The lowest BCUT2D eigenvalue weighted by Crippen LogP contribution is -2.01. The first-order valence-corrected chi connectivity index (χ1v) is 10.4. The van der Waals surface area contributed by atoms with Gasteiger partial charge in [0.1, 0.15) is 0 Å². The van der Waals surface area contributed by atoms with Crippen molar-refractivity contribution in [2.24, 2.45) is 0 Å². The maximum absolute atomic E-state index is 11.5. The maximum atomic E-state index is 11.5. The molecule has 0 saturated heterocycles. The van der Waals surface area contributed by atoms with Gasteiger partial charge in [0.05, 0.1) is 4.90 Å². The number of fused-ring (bicyclic) bond motifs is 1. The molecular formula is C20H28O3S. The summed E-state index contributed by atoms with van der Waals surface area (Å²) in [4.78, 5) is -0.0163. The molecule has 0 saturated carbocycles. The Morgan fingerprint density at radius 2 is 1.50 bits per heavy atom. The summed E-state index contributed by atoms with van der Waals surface area (Å²) in [5.74, 6) is 0. The van der Waals surface area contributed by atoms with E-state index in [0.717, 1.165) is 42.9 Å². The number of hydrogen-bond acceptors (Lipinski definition) is 2. The van der Waals surface area contributed by atoms with Gasteiger partial charge in [0.25, 0.3) is 10.1 Å². The highest BCUT2D eigenvalue weighted by Gasteiger charge is 2.13. The highest BCUT2D eigenvalue weighted by molar-refractivity contribution is 7.85. The summed E-state index contributed by atoms with van der Waals surface area (Å²) in [5.41, 5.74) is 2.57. The van der Waals surface area contributed by atoms with Crippen molar-refractivity contribution in [1.82, 2.24) is 0 Å². The summed E-state index contributed by atoms with van der Waals surface area (Å²) >= 11 is 0. The Morgan fingerprint density at radius 3 is 2.12 bits per heavy atom. The molecule has 0 aliphatic carbocycles. The summed E-state index contributed by atoms with van der Waals surface area (Å²) in [6.07, 6.45) is 8.97. The van der Waals surface area contributed by atoms with E-state index in [1.807, 2.05) is 0 Å². The molecule has 4 heteroatoms. The fraction of sp³-hybridized carbons (Fsp3) is 0.500. The molecule has 0 atom stereocenters. The van der Waals surface area contributed by atoms with Gasteiger partial charge in [0.2, 0.25) is 0 Å². The minimum Gasteiger partial charge on any atom is -0.282 e. The standard InChI is InChI=1S/C20H28O3S/c1-3-5-7-9-16-11-12-17-13-14-18(24(21,22)23)15-20(17)19(16)10-8-6-4-2/h11-15H,3-10H2,1-2H3,(H,21,22,23). The molecule has 2 rings (SSSR count). The van der Waals surface area contributed by atoms with Crippen LogP contribution in [0.1, 0.15) is 63.5 Å². The number of hydrogen-bond donors (Lipinski definition) is 1. The summed E-state index contributed by atoms with van der Waals surface area (Å²) in [5, 5.41) is 2.00. The Balaban J connectivity index is 2.48. The summed E-state index contributed by atoms with van der Waals surface area (Å²) in [7, 11) is -4.17. The predicted octanol–water partition coefficient (Wildman–Crippen LogP) is 5.55. The smallest absolute Gasteiger partial charge is 0.282 e. The van der Waals surface area contributed by atoms with Crippen LogP contribution in [0.25, 0.3) is 10.8 Å². The van der Waals surface area contributed by atoms with E-state index in [-0.39, 0.29) is 4.90 Å². The van der Waals surface area contributed by atoms with Crippen molar-refractivity contribution < 1.29 is 13.0 Å². The van der Waals surface area contributed by atoms with Crippen molar-refractivity contribution in [1.29, 1.82) is 0 Å². The second-order valence-corrected chi connectivity index (χ2v) is 7.90. The second kappa shape index (κ2) is 8.63. The molecule has 2 aromatic rings. The summed E-state index contributed by atoms with van der Waals surface area (Å²) in [6.45, 7) is 4.38. The monoisotopic (exact) mass is 348 g/mol. The van der Waals surface area contributed by atoms with Gasteiger partial charge in [0, 0.05) is 0 Å². The van der Waals surface area contributed by atoms with Crippen molar-refractivity contribution in [3.8, 4) is 0 Å². The van der Waals surface area contributed by atoms with E-state index in [4.69, 9.17) is 0 Å². The number of aryl methyl sites for hydroxylation is 2. The van der Waals surface area contributed by atoms with Crippen LogP contribution in [0.15, 0.2) is 35.2 Å². The molecule has 3 nitrogen and oxygen atoms in total. The van der Waals surface area contributed by atoms with Gasteiger partial charge in [-0.2, -0.15) is 8.42 Å². The van der Waals surface area contributed by atoms with Gasteiger partial charge in [-0.15, -0.1) is 0 Å². The van der Waals surface area contributed by atoms with Crippen LogP contribution < -0.4 is 0 Å². The van der Waals surface area contributed by atoms with Crippen LogP contribution in [0.2, 0.25) is 0 Å². The zero-order valence-electron chi connectivity index (χ0n) is 14.7. The van der Waals surface area contributed by atoms with E-state index in [1.54, 1.807) is 12.1 Å². The summed E-state index contributed by atoms with van der Waals surface area (Å²) < 4.78 is 32.4. The normalized spacial score (nSPS) is 12.0. The van der Waals surface area contributed by atoms with E-state index in [0.29, 0.717) is 0 Å². The predicted molar refractivity (Wildman–Crippen MR) is 100 cm³/mol. The van der Waals surface area contributed by atoms with Gasteiger partial charge >= 0.3 is 0 Å². The lowest BCUT2D eigenvalue weighted by molar-refractivity contribution is 0.483. The quantitative estimate of drug-likeness (QED) is 0.477. The van der Waals surface area contributed by atoms with Crippen molar-refractivity contribution >= 4 is 20.9 Å². The number of unbranched alkanes of at least 4 members (excludes halogenated alkanes) is 4. The third-order valence-electron chi connectivity index (χ3n) is 4.58. The van der Waals surface area contributed by atoms with Crippen LogP contribution in [0.3, 0.4) is 0 Å². The van der Waals surface area contributed by atoms with Gasteiger partial charge in [-0.25, -0.2) is 0 Å². The first kappa shape index (κ1) is 18.9. The molecule has 0 unspecified atom stereocenters. The van der Waals surface area contributed by atoms with Gasteiger partial charge in [-0.3, -0.25) is 4.55 Å². The number of rotatable bonds is 9. The molecule has 0 aliphatic rings. The molecule has 0 fully saturated rings. The van der Waals surface area contributed by atoms with E-state index in [2.05, 4.69) is 26.0 Å². The molecule has 24 heavy (non-hydrogen) atoms. The van der Waals surface area contributed by atoms with Gasteiger partial charge in [-0.05, 0) is 59.7 Å². The zero-order chi connectivity index (χ0) is 17.6. The van der Waals surface area contributed by atoms with Crippen molar-refractivity contribution in [2.45, 2.75) is 70.1 Å². The maximum Gasteiger partial charge on any atom is 0.294 e. The highest BCUT2D eigenvalue weighted by Crippen LogP contribution is 2.28. The van der Waals surface area contributed by atoms with Crippen LogP contribution in [0.4, 0.5) is 0 Å². The molecule has 2 aromatic carbocycles. The molecule has 0 aliphatic heterocycles. The van der Waals surface area contributed by atoms with E-state index >= 15 is 0 Å². The number of benzene rings is 2. The minimum atomic E-state index is -4.17. The highest BCUT2D eigenvalue weighted by atomic mass is 32.2. The molecule has 0 aromatic heterocycles. The van der Waals surface area contributed by atoms with Gasteiger partial charge in [-0.1, -0.05) is 57.7 Å².